The van der Waals surface area contributed by atoms with Crippen molar-refractivity contribution in [2.75, 3.05) is 19.6 Å². The number of amides is 4. The van der Waals surface area contributed by atoms with Gasteiger partial charge in [-0.3, -0.25) is 14.6 Å². The van der Waals surface area contributed by atoms with Crippen molar-refractivity contribution in [2.45, 2.75) is 32.2 Å². The number of benzene rings is 3. The number of para-hydroxylation sites is 1. The van der Waals surface area contributed by atoms with E-state index in [-0.39, 0.29) is 37.5 Å². The summed E-state index contributed by atoms with van der Waals surface area (Å²) in [5, 5.41) is 7.24. The van der Waals surface area contributed by atoms with Gasteiger partial charge in [-0.25, -0.2) is 9.78 Å². The molecule has 3 aromatic carbocycles. The van der Waals surface area contributed by atoms with Gasteiger partial charge in [-0.15, -0.1) is 17.9 Å². The Labute approximate surface area is 248 Å². The predicted octanol–water partition coefficient (Wildman–Crippen LogP) is 4.47. The lowest BCUT2D eigenvalue weighted by Crippen LogP contribution is -2.62. The summed E-state index contributed by atoms with van der Waals surface area (Å²) in [5.74, 6) is -0.357. The third-order valence-corrected chi connectivity index (χ3v) is 8.61. The number of hydrazine groups is 1. The van der Waals surface area contributed by atoms with Crippen LogP contribution in [0.5, 0.6) is 0 Å². The van der Waals surface area contributed by atoms with Crippen molar-refractivity contribution in [2.24, 2.45) is 0 Å². The second-order valence-electron chi connectivity index (χ2n) is 10.4. The fourth-order valence-electron chi connectivity index (χ4n) is 5.78. The molecule has 2 aliphatic heterocycles. The van der Waals surface area contributed by atoms with Gasteiger partial charge >= 0.3 is 6.03 Å². The topological polar surface area (TPSA) is 89.1 Å². The number of hydrogen-bond donors (Lipinski definition) is 1. The highest BCUT2D eigenvalue weighted by atomic mass is 32.1. The Morgan fingerprint density at radius 1 is 1.07 bits per heavy atom. The van der Waals surface area contributed by atoms with Crippen LogP contribution in [-0.4, -0.2) is 68.4 Å². The highest BCUT2D eigenvalue weighted by Gasteiger charge is 2.52. The summed E-state index contributed by atoms with van der Waals surface area (Å²) in [4.78, 5) is 49.4. The van der Waals surface area contributed by atoms with Crippen LogP contribution in [0.25, 0.3) is 10.2 Å². The number of piperazine rings is 1. The van der Waals surface area contributed by atoms with E-state index in [9.17, 15) is 14.4 Å². The highest BCUT2D eigenvalue weighted by Crippen LogP contribution is 2.37. The maximum absolute atomic E-state index is 14.1. The highest BCUT2D eigenvalue weighted by molar-refractivity contribution is 7.18. The van der Waals surface area contributed by atoms with E-state index < -0.39 is 12.2 Å². The number of nitrogens with zero attached hydrogens (tertiary/aromatic N) is 5. The average Bonchev–Trinajstić information content (AvgIpc) is 3.55. The summed E-state index contributed by atoms with van der Waals surface area (Å²) in [6.45, 7) is 6.94. The third-order valence-electron chi connectivity index (χ3n) is 7.68. The molecule has 0 bridgehead atoms. The number of aryl methyl sites for hydroxylation is 1. The van der Waals surface area contributed by atoms with Crippen molar-refractivity contribution in [3.8, 4) is 0 Å². The molecule has 4 amide bonds. The molecular formula is C32H32N6O3S. The van der Waals surface area contributed by atoms with Crippen LogP contribution in [0.15, 0.2) is 91.5 Å². The molecule has 6 rings (SSSR count). The first-order valence-electron chi connectivity index (χ1n) is 13.9. The Kier molecular flexibility index (Phi) is 7.73. The molecule has 42 heavy (non-hydrogen) atoms. The minimum atomic E-state index is -0.809. The van der Waals surface area contributed by atoms with Crippen LogP contribution in [0.3, 0.4) is 0 Å². The number of carbonyl (C=O) groups excluding carboxylic acids is 3. The van der Waals surface area contributed by atoms with Crippen molar-refractivity contribution < 1.29 is 14.4 Å². The molecule has 1 aromatic heterocycles. The predicted molar refractivity (Wildman–Crippen MR) is 162 cm³/mol. The zero-order chi connectivity index (χ0) is 29.2. The average molecular weight is 581 g/mol. The number of thiazole rings is 1. The van der Waals surface area contributed by atoms with Crippen LogP contribution in [0, 0.1) is 6.92 Å². The lowest BCUT2D eigenvalue weighted by Gasteiger charge is -2.46. The van der Waals surface area contributed by atoms with E-state index in [1.807, 2.05) is 85.8 Å². The first-order valence-corrected chi connectivity index (χ1v) is 14.7. The molecule has 0 saturated carbocycles. The van der Waals surface area contributed by atoms with E-state index in [0.29, 0.717) is 13.1 Å². The van der Waals surface area contributed by atoms with Gasteiger partial charge in [-0.1, -0.05) is 78.9 Å². The Morgan fingerprint density at radius 3 is 2.55 bits per heavy atom. The summed E-state index contributed by atoms with van der Waals surface area (Å²) in [5.41, 5.74) is 3.54. The van der Waals surface area contributed by atoms with E-state index in [2.05, 4.69) is 11.9 Å². The summed E-state index contributed by atoms with van der Waals surface area (Å²) in [6, 6.07) is 23.9. The standard InChI is InChI=1S/C32H32N6O3S/c1-3-17-36(32(41)33-18-23-11-6-4-7-12-23)37-21-28(39)38-27(37)20-35(31(40)30(38)24-13-8-5-9-14-24)19-25-15-10-16-26-29(25)34-22(2)42-26/h3-16,27,30H,1,17-21H2,2H3,(H,33,41)/t27-,30+/m1/s1. The molecule has 2 aliphatic rings. The van der Waals surface area contributed by atoms with Crippen LogP contribution in [0.2, 0.25) is 0 Å². The third kappa shape index (κ3) is 5.26. The molecule has 9 nitrogen and oxygen atoms in total. The van der Waals surface area contributed by atoms with Crippen molar-refractivity contribution in [1.82, 2.24) is 30.1 Å². The molecule has 0 radical (unpaired) electrons. The van der Waals surface area contributed by atoms with Crippen LogP contribution in [0.1, 0.15) is 27.7 Å². The van der Waals surface area contributed by atoms with Crippen LogP contribution in [0.4, 0.5) is 4.79 Å². The molecular weight excluding hydrogens is 548 g/mol. The van der Waals surface area contributed by atoms with Crippen molar-refractivity contribution >= 4 is 39.4 Å². The number of hydrogen-bond acceptors (Lipinski definition) is 6. The van der Waals surface area contributed by atoms with Crippen molar-refractivity contribution in [3.05, 3.63) is 113 Å². The number of aromatic nitrogens is 1. The van der Waals surface area contributed by atoms with E-state index in [0.717, 1.165) is 31.9 Å². The van der Waals surface area contributed by atoms with E-state index >= 15 is 0 Å². The summed E-state index contributed by atoms with van der Waals surface area (Å²) in [7, 11) is 0. The second kappa shape index (κ2) is 11.8. The normalized spacial score (nSPS) is 18.8. The molecule has 2 atom stereocenters. The Balaban J connectivity index is 1.33. The first-order chi connectivity index (χ1) is 20.4. The monoisotopic (exact) mass is 580 g/mol. The number of carbonyl (C=O) groups is 3. The van der Waals surface area contributed by atoms with Crippen LogP contribution in [-0.2, 0) is 22.7 Å². The lowest BCUT2D eigenvalue weighted by atomic mass is 10.00. The van der Waals surface area contributed by atoms with Gasteiger partial charge in [0.1, 0.15) is 12.2 Å². The van der Waals surface area contributed by atoms with Gasteiger partial charge in [0.15, 0.2) is 0 Å². The summed E-state index contributed by atoms with van der Waals surface area (Å²) in [6.07, 6.45) is 1.10. The molecule has 2 fully saturated rings. The molecule has 214 valence electrons. The van der Waals surface area contributed by atoms with Crippen molar-refractivity contribution in [1.29, 1.82) is 0 Å². The number of urea groups is 1. The quantitative estimate of drug-likeness (QED) is 0.311. The smallest absolute Gasteiger partial charge is 0.332 e. The zero-order valence-corrected chi connectivity index (χ0v) is 24.2. The van der Waals surface area contributed by atoms with Gasteiger partial charge in [0.2, 0.25) is 5.91 Å². The van der Waals surface area contributed by atoms with E-state index in [4.69, 9.17) is 4.98 Å². The van der Waals surface area contributed by atoms with Gasteiger partial charge in [0.25, 0.3) is 5.91 Å². The van der Waals surface area contributed by atoms with E-state index in [1.54, 1.807) is 32.2 Å². The fraction of sp³-hybridized carbons (Fsp3) is 0.250. The molecule has 0 unspecified atom stereocenters. The molecule has 3 heterocycles. The SMILES string of the molecule is C=CCN(C(=O)NCc1ccccc1)N1CC(=O)N2[C@@H](c3ccccc3)C(=O)N(Cc3cccc4sc(C)nc34)C[C@@H]21. The molecule has 1 N–H and O–H groups in total. The van der Waals surface area contributed by atoms with Crippen LogP contribution >= 0.6 is 11.3 Å². The molecule has 4 aromatic rings. The maximum atomic E-state index is 14.1. The summed E-state index contributed by atoms with van der Waals surface area (Å²) >= 11 is 1.62. The minimum absolute atomic E-state index is 0.0252. The van der Waals surface area contributed by atoms with Gasteiger partial charge in [-0.05, 0) is 29.7 Å². The first kappa shape index (κ1) is 27.6. The van der Waals surface area contributed by atoms with Crippen LogP contribution < -0.4 is 5.32 Å². The largest absolute Gasteiger partial charge is 0.333 e. The number of nitrogens with one attached hydrogen (secondary N) is 1. The minimum Gasteiger partial charge on any atom is -0.333 e. The Morgan fingerprint density at radius 2 is 1.81 bits per heavy atom. The lowest BCUT2D eigenvalue weighted by molar-refractivity contribution is -0.158. The molecule has 10 heteroatoms. The van der Waals surface area contributed by atoms with Crippen molar-refractivity contribution in [3.63, 3.8) is 0 Å². The molecule has 0 aliphatic carbocycles. The second-order valence-corrected chi connectivity index (χ2v) is 11.7. The maximum Gasteiger partial charge on any atom is 0.332 e. The Bertz CT molecular complexity index is 1630. The zero-order valence-electron chi connectivity index (χ0n) is 23.3. The summed E-state index contributed by atoms with van der Waals surface area (Å²) < 4.78 is 1.07. The van der Waals surface area contributed by atoms with E-state index in [1.165, 1.54) is 5.01 Å². The number of rotatable bonds is 8. The number of fused-ring (bicyclic) bond motifs is 2. The van der Waals surface area contributed by atoms with Gasteiger partial charge in [0.05, 0.1) is 34.9 Å². The van der Waals surface area contributed by atoms with Gasteiger partial charge in [0, 0.05) is 13.1 Å². The molecule has 2 saturated heterocycles. The fourth-order valence-corrected chi connectivity index (χ4v) is 6.66. The Hall–Kier alpha value is -4.54. The van der Waals surface area contributed by atoms with Gasteiger partial charge < -0.3 is 15.1 Å². The molecule has 0 spiro atoms. The van der Waals surface area contributed by atoms with Gasteiger partial charge in [-0.2, -0.15) is 5.01 Å².